The number of fused-ring (bicyclic) bond motifs is 1. The fourth-order valence-electron chi connectivity index (χ4n) is 2.27. The summed E-state index contributed by atoms with van der Waals surface area (Å²) in [6.45, 7) is 1.66. The topological polar surface area (TPSA) is 52.6 Å². The number of anilines is 1. The van der Waals surface area contributed by atoms with Crippen LogP contribution in [-0.4, -0.2) is 39.5 Å². The molecule has 100 valence electrons. The molecule has 1 aromatic heterocycles. The van der Waals surface area contributed by atoms with E-state index in [1.807, 2.05) is 6.07 Å². The van der Waals surface area contributed by atoms with E-state index in [2.05, 4.69) is 16.4 Å². The molecule has 5 nitrogen and oxygen atoms in total. The Morgan fingerprint density at radius 1 is 1.33 bits per heavy atom. The second kappa shape index (κ2) is 6.13. The van der Waals surface area contributed by atoms with E-state index in [0.29, 0.717) is 5.92 Å². The molecule has 1 unspecified atom stereocenters. The van der Waals surface area contributed by atoms with Crippen LogP contribution in [-0.2, 0) is 20.6 Å². The first-order valence-electron chi connectivity index (χ1n) is 6.06. The summed E-state index contributed by atoms with van der Waals surface area (Å²) in [4.78, 5) is 4.55. The Bertz CT molecular complexity index is 394. The maximum atomic E-state index is 5.20. The van der Waals surface area contributed by atoms with Gasteiger partial charge < -0.3 is 19.5 Å². The lowest BCUT2D eigenvalue weighted by Crippen LogP contribution is -2.27. The van der Waals surface area contributed by atoms with Crippen molar-refractivity contribution in [2.45, 2.75) is 12.7 Å². The summed E-state index contributed by atoms with van der Waals surface area (Å²) in [7, 11) is 4.95. The van der Waals surface area contributed by atoms with Crippen molar-refractivity contribution in [2.75, 3.05) is 39.8 Å². The average Bonchev–Trinajstić information content (AvgIpc) is 2.40. The molecule has 1 N–H and O–H groups in total. The summed E-state index contributed by atoms with van der Waals surface area (Å²) in [5.74, 6) is 1.44. The van der Waals surface area contributed by atoms with Gasteiger partial charge in [-0.15, -0.1) is 0 Å². The van der Waals surface area contributed by atoms with Crippen molar-refractivity contribution >= 4 is 5.82 Å². The Labute approximate surface area is 107 Å². The molecule has 0 spiro atoms. The van der Waals surface area contributed by atoms with Crippen LogP contribution in [0.1, 0.15) is 17.5 Å². The van der Waals surface area contributed by atoms with Gasteiger partial charge in [-0.1, -0.05) is 6.07 Å². The number of hydrogen-bond donors (Lipinski definition) is 1. The number of aromatic nitrogens is 1. The summed E-state index contributed by atoms with van der Waals surface area (Å²) in [5, 5.41) is 3.34. The fraction of sp³-hybridized carbons (Fsp3) is 0.615. The van der Waals surface area contributed by atoms with E-state index in [1.165, 1.54) is 5.56 Å². The minimum absolute atomic E-state index is 0.409. The van der Waals surface area contributed by atoms with Gasteiger partial charge in [-0.3, -0.25) is 0 Å². The standard InChI is InChI=1S/C13H20N2O3/c1-16-8-9-6-10-4-5-11(13(17-2)18-3)15-12(10)14-7-9/h4-5,9,13H,6-8H2,1-3H3,(H,14,15). The molecule has 0 aliphatic carbocycles. The second-order valence-electron chi connectivity index (χ2n) is 4.45. The average molecular weight is 252 g/mol. The third-order valence-corrected chi connectivity index (χ3v) is 3.14. The smallest absolute Gasteiger partial charge is 0.200 e. The largest absolute Gasteiger partial charge is 0.384 e. The van der Waals surface area contributed by atoms with Crippen LogP contribution in [0.5, 0.6) is 0 Å². The monoisotopic (exact) mass is 252 g/mol. The molecule has 0 aromatic carbocycles. The minimum Gasteiger partial charge on any atom is -0.384 e. The summed E-state index contributed by atoms with van der Waals surface area (Å²) < 4.78 is 15.6. The molecule has 0 amide bonds. The Morgan fingerprint density at radius 2 is 2.11 bits per heavy atom. The van der Waals surface area contributed by atoms with Gasteiger partial charge in [0, 0.05) is 33.8 Å². The highest BCUT2D eigenvalue weighted by Crippen LogP contribution is 2.26. The lowest BCUT2D eigenvalue weighted by Gasteiger charge is -2.25. The maximum Gasteiger partial charge on any atom is 0.200 e. The molecule has 0 saturated heterocycles. The highest BCUT2D eigenvalue weighted by atomic mass is 16.7. The van der Waals surface area contributed by atoms with Crippen molar-refractivity contribution in [3.63, 3.8) is 0 Å². The van der Waals surface area contributed by atoms with Crippen molar-refractivity contribution in [2.24, 2.45) is 5.92 Å². The number of rotatable bonds is 5. The predicted molar refractivity (Wildman–Crippen MR) is 68.6 cm³/mol. The van der Waals surface area contributed by atoms with Crippen LogP contribution in [0.15, 0.2) is 12.1 Å². The Hall–Kier alpha value is -1.17. The highest BCUT2D eigenvalue weighted by Gasteiger charge is 2.21. The molecule has 5 heteroatoms. The van der Waals surface area contributed by atoms with Crippen LogP contribution in [0.2, 0.25) is 0 Å². The summed E-state index contributed by atoms with van der Waals surface area (Å²) >= 11 is 0. The number of pyridine rings is 1. The molecule has 1 aliphatic rings. The zero-order valence-corrected chi connectivity index (χ0v) is 11.1. The molecule has 2 heterocycles. The number of methoxy groups -OCH3 is 3. The van der Waals surface area contributed by atoms with E-state index in [-0.39, 0.29) is 0 Å². The molecular weight excluding hydrogens is 232 g/mol. The Morgan fingerprint density at radius 3 is 2.78 bits per heavy atom. The summed E-state index contributed by atoms with van der Waals surface area (Å²) in [6.07, 6.45) is 0.586. The number of nitrogens with zero attached hydrogens (tertiary/aromatic N) is 1. The molecule has 0 saturated carbocycles. The van der Waals surface area contributed by atoms with Crippen LogP contribution in [0.25, 0.3) is 0 Å². The Kier molecular flexibility index (Phi) is 4.52. The van der Waals surface area contributed by atoms with Gasteiger partial charge in [0.2, 0.25) is 6.29 Å². The van der Waals surface area contributed by atoms with Crippen molar-refractivity contribution in [3.8, 4) is 0 Å². The van der Waals surface area contributed by atoms with Crippen molar-refractivity contribution < 1.29 is 14.2 Å². The molecular formula is C13H20N2O3. The highest BCUT2D eigenvalue weighted by molar-refractivity contribution is 5.47. The van der Waals surface area contributed by atoms with E-state index >= 15 is 0 Å². The summed E-state index contributed by atoms with van der Waals surface area (Å²) in [5.41, 5.74) is 2.01. The van der Waals surface area contributed by atoms with E-state index in [9.17, 15) is 0 Å². The maximum absolute atomic E-state index is 5.20. The Balaban J connectivity index is 2.14. The molecule has 2 rings (SSSR count). The van der Waals surface area contributed by atoms with E-state index in [0.717, 1.165) is 31.1 Å². The van der Waals surface area contributed by atoms with Crippen molar-refractivity contribution in [1.82, 2.24) is 4.98 Å². The van der Waals surface area contributed by atoms with Gasteiger partial charge in [0.1, 0.15) is 5.82 Å². The third-order valence-electron chi connectivity index (χ3n) is 3.14. The minimum atomic E-state index is -0.409. The number of nitrogens with one attached hydrogen (secondary N) is 1. The summed E-state index contributed by atoms with van der Waals surface area (Å²) in [6, 6.07) is 4.03. The van der Waals surface area contributed by atoms with Gasteiger partial charge in [0.25, 0.3) is 0 Å². The van der Waals surface area contributed by atoms with Crippen LogP contribution in [0.4, 0.5) is 5.82 Å². The van der Waals surface area contributed by atoms with Gasteiger partial charge in [-0.2, -0.15) is 0 Å². The van der Waals surface area contributed by atoms with Crippen LogP contribution in [0.3, 0.4) is 0 Å². The van der Waals surface area contributed by atoms with E-state index in [1.54, 1.807) is 21.3 Å². The molecule has 1 atom stereocenters. The number of hydrogen-bond acceptors (Lipinski definition) is 5. The van der Waals surface area contributed by atoms with Crippen molar-refractivity contribution in [3.05, 3.63) is 23.4 Å². The van der Waals surface area contributed by atoms with Gasteiger partial charge >= 0.3 is 0 Å². The van der Waals surface area contributed by atoms with Gasteiger partial charge in [0.15, 0.2) is 0 Å². The zero-order chi connectivity index (χ0) is 13.0. The molecule has 1 aliphatic heterocycles. The fourth-order valence-corrected chi connectivity index (χ4v) is 2.27. The van der Waals surface area contributed by atoms with Gasteiger partial charge in [-0.25, -0.2) is 4.98 Å². The number of ether oxygens (including phenoxy) is 3. The molecule has 0 radical (unpaired) electrons. The van der Waals surface area contributed by atoms with Crippen molar-refractivity contribution in [1.29, 1.82) is 0 Å². The molecule has 0 fully saturated rings. The first-order chi connectivity index (χ1) is 8.78. The van der Waals surface area contributed by atoms with E-state index < -0.39 is 6.29 Å². The first-order valence-corrected chi connectivity index (χ1v) is 6.06. The third kappa shape index (κ3) is 2.80. The second-order valence-corrected chi connectivity index (χ2v) is 4.45. The molecule has 18 heavy (non-hydrogen) atoms. The molecule has 1 aromatic rings. The zero-order valence-electron chi connectivity index (χ0n) is 11.1. The molecule has 0 bridgehead atoms. The predicted octanol–water partition coefficient (Wildman–Crippen LogP) is 1.60. The lowest BCUT2D eigenvalue weighted by atomic mass is 9.96. The van der Waals surface area contributed by atoms with Gasteiger partial charge in [0.05, 0.1) is 12.3 Å². The first kappa shape index (κ1) is 13.3. The van der Waals surface area contributed by atoms with Crippen LogP contribution < -0.4 is 5.32 Å². The van der Waals surface area contributed by atoms with E-state index in [4.69, 9.17) is 14.2 Å². The lowest BCUT2D eigenvalue weighted by molar-refractivity contribution is -0.108. The van der Waals surface area contributed by atoms with Crippen LogP contribution >= 0.6 is 0 Å². The van der Waals surface area contributed by atoms with Crippen LogP contribution in [0, 0.1) is 5.92 Å². The SMILES string of the molecule is COCC1CNc2nc(C(OC)OC)ccc2C1. The quantitative estimate of drug-likeness (QED) is 0.807. The normalized spacial score (nSPS) is 18.6. The van der Waals surface area contributed by atoms with Gasteiger partial charge in [-0.05, 0) is 18.1 Å².